The van der Waals surface area contributed by atoms with Crippen molar-refractivity contribution in [3.05, 3.63) is 81.9 Å². The van der Waals surface area contributed by atoms with Gasteiger partial charge in [-0.15, -0.1) is 0 Å². The van der Waals surface area contributed by atoms with Gasteiger partial charge in [0.2, 0.25) is 0 Å². The first-order valence-electron chi connectivity index (χ1n) is 9.36. The van der Waals surface area contributed by atoms with Crippen LogP contribution in [0.25, 0.3) is 22.0 Å². The number of H-pyrrole nitrogens is 1. The summed E-state index contributed by atoms with van der Waals surface area (Å²) in [5.41, 5.74) is 3.75. The van der Waals surface area contributed by atoms with Crippen LogP contribution in [-0.2, 0) is 4.74 Å². The zero-order valence-corrected chi connectivity index (χ0v) is 16.4. The first-order chi connectivity index (χ1) is 14.6. The molecule has 6 nitrogen and oxygen atoms in total. The van der Waals surface area contributed by atoms with E-state index in [1.165, 1.54) is 18.2 Å². The molecule has 1 saturated heterocycles. The Kier molecular flexibility index (Phi) is 4.69. The third-order valence-corrected chi connectivity index (χ3v) is 5.45. The Morgan fingerprint density at radius 3 is 2.77 bits per heavy atom. The molecule has 4 heterocycles. The van der Waals surface area contributed by atoms with Crippen molar-refractivity contribution in [3.8, 4) is 11.1 Å². The van der Waals surface area contributed by atoms with Crippen LogP contribution in [0.3, 0.4) is 0 Å². The summed E-state index contributed by atoms with van der Waals surface area (Å²) in [6, 6.07) is 9.68. The maximum absolute atomic E-state index is 13.6. The van der Waals surface area contributed by atoms with E-state index in [-0.39, 0.29) is 16.5 Å². The quantitative estimate of drug-likeness (QED) is 0.501. The number of rotatable bonds is 4. The second-order valence-corrected chi connectivity index (χ2v) is 7.49. The highest BCUT2D eigenvalue weighted by atomic mass is 35.5. The van der Waals surface area contributed by atoms with Gasteiger partial charge in [0.1, 0.15) is 5.82 Å². The van der Waals surface area contributed by atoms with Crippen LogP contribution in [0.5, 0.6) is 0 Å². The molecule has 2 N–H and O–H groups in total. The van der Waals surface area contributed by atoms with Gasteiger partial charge in [-0.3, -0.25) is 14.8 Å². The summed E-state index contributed by atoms with van der Waals surface area (Å²) in [6.45, 7) is 1.07. The van der Waals surface area contributed by atoms with Crippen LogP contribution in [0.2, 0.25) is 5.02 Å². The van der Waals surface area contributed by atoms with Gasteiger partial charge in [0.15, 0.2) is 0 Å². The number of anilines is 2. The normalized spacial score (nSPS) is 13.9. The van der Waals surface area contributed by atoms with E-state index in [4.69, 9.17) is 16.3 Å². The van der Waals surface area contributed by atoms with Crippen molar-refractivity contribution in [2.45, 2.75) is 5.92 Å². The van der Waals surface area contributed by atoms with Crippen LogP contribution in [0.4, 0.5) is 15.8 Å². The Bertz CT molecular complexity index is 1320. The molecule has 0 spiro atoms. The first-order valence-corrected chi connectivity index (χ1v) is 9.74. The van der Waals surface area contributed by atoms with Crippen LogP contribution < -0.4 is 10.9 Å². The van der Waals surface area contributed by atoms with E-state index in [1.54, 1.807) is 24.7 Å². The van der Waals surface area contributed by atoms with Gasteiger partial charge in [0.25, 0.3) is 5.56 Å². The van der Waals surface area contributed by atoms with Crippen LogP contribution in [0, 0.1) is 5.82 Å². The number of nitrogens with one attached hydrogen (secondary N) is 2. The largest absolute Gasteiger partial charge is 0.380 e. The fraction of sp³-hybridized carbons (Fsp3) is 0.136. The lowest BCUT2D eigenvalue weighted by atomic mass is 9.98. The molecule has 0 radical (unpaired) electrons. The molecule has 0 saturated carbocycles. The van der Waals surface area contributed by atoms with E-state index >= 15 is 0 Å². The zero-order chi connectivity index (χ0) is 20.7. The van der Waals surface area contributed by atoms with Crippen molar-refractivity contribution >= 4 is 33.9 Å². The second-order valence-electron chi connectivity index (χ2n) is 7.08. The van der Waals surface area contributed by atoms with Crippen molar-refractivity contribution in [1.29, 1.82) is 0 Å². The number of fused-ring (bicyclic) bond motifs is 1. The lowest BCUT2D eigenvalue weighted by molar-refractivity contribution is 0.00695. The van der Waals surface area contributed by atoms with Crippen molar-refractivity contribution in [2.24, 2.45) is 0 Å². The summed E-state index contributed by atoms with van der Waals surface area (Å²) >= 11 is 5.93. The molecule has 4 aromatic rings. The molecular formula is C22H16ClFN4O2. The first kappa shape index (κ1) is 18.7. The highest BCUT2D eigenvalue weighted by Gasteiger charge is 2.26. The molecule has 0 atom stereocenters. The van der Waals surface area contributed by atoms with Crippen LogP contribution in [0.15, 0.2) is 59.8 Å². The molecule has 1 fully saturated rings. The second kappa shape index (κ2) is 7.51. The molecule has 30 heavy (non-hydrogen) atoms. The number of pyridine rings is 3. The van der Waals surface area contributed by atoms with E-state index in [1.807, 2.05) is 12.1 Å². The smallest absolute Gasteiger partial charge is 0.256 e. The van der Waals surface area contributed by atoms with Crippen LogP contribution in [-0.4, -0.2) is 28.2 Å². The Labute approximate surface area is 175 Å². The van der Waals surface area contributed by atoms with Crippen molar-refractivity contribution in [3.63, 3.8) is 0 Å². The molecule has 0 bridgehead atoms. The van der Waals surface area contributed by atoms with Crippen molar-refractivity contribution in [1.82, 2.24) is 15.0 Å². The Hall–Kier alpha value is -3.29. The summed E-state index contributed by atoms with van der Waals surface area (Å²) in [4.78, 5) is 24.3. The van der Waals surface area contributed by atoms with Gasteiger partial charge in [-0.2, -0.15) is 0 Å². The van der Waals surface area contributed by atoms with Crippen LogP contribution in [0.1, 0.15) is 11.6 Å². The number of aromatic nitrogens is 3. The SMILES string of the molecule is O=c1[nH]c(C2COC2)c(Nc2ccnc3ccncc23)cc1-c1ccc(F)c(Cl)c1. The Balaban J connectivity index is 1.65. The highest BCUT2D eigenvalue weighted by molar-refractivity contribution is 6.31. The van der Waals surface area contributed by atoms with Gasteiger partial charge in [-0.05, 0) is 35.9 Å². The van der Waals surface area contributed by atoms with E-state index in [0.29, 0.717) is 24.3 Å². The van der Waals surface area contributed by atoms with Crippen molar-refractivity contribution < 1.29 is 9.13 Å². The average Bonchev–Trinajstić information content (AvgIpc) is 2.71. The topological polar surface area (TPSA) is 79.9 Å². The van der Waals surface area contributed by atoms with Gasteiger partial charge in [-0.1, -0.05) is 17.7 Å². The van der Waals surface area contributed by atoms with Crippen LogP contribution >= 0.6 is 11.6 Å². The molecule has 3 aromatic heterocycles. The average molecular weight is 423 g/mol. The zero-order valence-electron chi connectivity index (χ0n) is 15.7. The van der Waals surface area contributed by atoms with Gasteiger partial charge in [0, 0.05) is 41.2 Å². The number of halogens is 2. The molecule has 150 valence electrons. The summed E-state index contributed by atoms with van der Waals surface area (Å²) in [7, 11) is 0. The molecule has 1 aliphatic rings. The third-order valence-electron chi connectivity index (χ3n) is 5.16. The third kappa shape index (κ3) is 3.32. The van der Waals surface area contributed by atoms with E-state index < -0.39 is 5.82 Å². The van der Waals surface area contributed by atoms with E-state index in [0.717, 1.165) is 28.0 Å². The minimum Gasteiger partial charge on any atom is -0.380 e. The molecule has 0 unspecified atom stereocenters. The van der Waals surface area contributed by atoms with E-state index in [9.17, 15) is 9.18 Å². The molecule has 8 heteroatoms. The molecular weight excluding hydrogens is 407 g/mol. The Morgan fingerprint density at radius 2 is 2.00 bits per heavy atom. The van der Waals surface area contributed by atoms with Gasteiger partial charge in [0.05, 0.1) is 35.1 Å². The standard InChI is InChI=1S/C22H16ClFN4O2/c23-16-7-12(1-2-17(16)24)14-8-20(21(28-22(14)29)13-10-30-11-13)27-19-4-6-26-18-3-5-25-9-15(18)19/h1-9,13H,10-11H2,(H,26,27)(H,28,29). The summed E-state index contributed by atoms with van der Waals surface area (Å²) in [5.74, 6) is -0.452. The van der Waals surface area contributed by atoms with Gasteiger partial charge in [-0.25, -0.2) is 4.39 Å². The van der Waals surface area contributed by atoms with Crippen molar-refractivity contribution in [2.75, 3.05) is 18.5 Å². The highest BCUT2D eigenvalue weighted by Crippen LogP contribution is 2.34. The maximum Gasteiger partial charge on any atom is 0.256 e. The van der Waals surface area contributed by atoms with Gasteiger partial charge >= 0.3 is 0 Å². The summed E-state index contributed by atoms with van der Waals surface area (Å²) < 4.78 is 18.9. The molecule has 1 aliphatic heterocycles. The maximum atomic E-state index is 13.6. The number of ether oxygens (including phenoxy) is 1. The number of hydrogen-bond donors (Lipinski definition) is 2. The predicted octanol–water partition coefficient (Wildman–Crippen LogP) is 4.64. The monoisotopic (exact) mass is 422 g/mol. The number of hydrogen-bond acceptors (Lipinski definition) is 5. The Morgan fingerprint density at radius 1 is 1.13 bits per heavy atom. The minimum atomic E-state index is -0.533. The molecule has 5 rings (SSSR count). The number of aromatic amines is 1. The molecule has 1 aromatic carbocycles. The van der Waals surface area contributed by atoms with E-state index in [2.05, 4.69) is 20.3 Å². The lowest BCUT2D eigenvalue weighted by Crippen LogP contribution is -2.29. The molecule has 0 aliphatic carbocycles. The lowest BCUT2D eigenvalue weighted by Gasteiger charge is -2.28. The number of nitrogens with zero attached hydrogens (tertiary/aromatic N) is 2. The van der Waals surface area contributed by atoms with Gasteiger partial charge < -0.3 is 15.0 Å². The fourth-order valence-corrected chi connectivity index (χ4v) is 3.67. The number of benzene rings is 1. The summed E-state index contributed by atoms with van der Waals surface area (Å²) in [5, 5.41) is 4.23. The summed E-state index contributed by atoms with van der Waals surface area (Å²) in [6.07, 6.45) is 5.14. The predicted molar refractivity (Wildman–Crippen MR) is 114 cm³/mol. The molecule has 0 amide bonds. The fourth-order valence-electron chi connectivity index (χ4n) is 3.49. The minimum absolute atomic E-state index is 0.0379.